The van der Waals surface area contributed by atoms with Gasteiger partial charge < -0.3 is 10.4 Å². The van der Waals surface area contributed by atoms with Crippen molar-refractivity contribution in [1.29, 1.82) is 0 Å². The fraction of sp³-hybridized carbons (Fsp3) is 0.417. The van der Waals surface area contributed by atoms with Gasteiger partial charge in [0.2, 0.25) is 0 Å². The van der Waals surface area contributed by atoms with Crippen LogP contribution >= 0.6 is 22.6 Å². The summed E-state index contributed by atoms with van der Waals surface area (Å²) in [4.78, 5) is 11.4. The molecule has 0 aliphatic carbocycles. The summed E-state index contributed by atoms with van der Waals surface area (Å²) in [6.45, 7) is 1.38. The van der Waals surface area contributed by atoms with Crippen LogP contribution in [-0.4, -0.2) is 24.2 Å². The lowest BCUT2D eigenvalue weighted by atomic mass is 9.81. The quantitative estimate of drug-likeness (QED) is 0.832. The molecule has 2 rings (SSSR count). The van der Waals surface area contributed by atoms with E-state index in [1.807, 2.05) is 24.3 Å². The van der Waals surface area contributed by atoms with Crippen LogP contribution in [0, 0.1) is 8.99 Å². The Balaban J connectivity index is 2.18. The molecule has 2 N–H and O–H groups in total. The Labute approximate surface area is 108 Å². The fourth-order valence-electron chi connectivity index (χ4n) is 2.15. The number of aliphatic carboxylic acids is 1. The van der Waals surface area contributed by atoms with Crippen LogP contribution in [0.1, 0.15) is 12.0 Å². The molecule has 1 aromatic carbocycles. The lowest BCUT2D eigenvalue weighted by Gasteiger charge is -2.22. The highest BCUT2D eigenvalue weighted by Crippen LogP contribution is 2.30. The number of carbonyl (C=O) groups is 1. The molecule has 16 heavy (non-hydrogen) atoms. The lowest BCUT2D eigenvalue weighted by molar-refractivity contribution is -0.147. The van der Waals surface area contributed by atoms with Crippen LogP contribution in [0.15, 0.2) is 24.3 Å². The topological polar surface area (TPSA) is 49.3 Å². The molecular formula is C12H14INO2. The van der Waals surface area contributed by atoms with Crippen molar-refractivity contribution in [2.75, 3.05) is 13.1 Å². The van der Waals surface area contributed by atoms with Crippen LogP contribution in [0.4, 0.5) is 0 Å². The van der Waals surface area contributed by atoms with Gasteiger partial charge in [-0.15, -0.1) is 0 Å². The summed E-state index contributed by atoms with van der Waals surface area (Å²) >= 11 is 2.25. The van der Waals surface area contributed by atoms with Crippen LogP contribution in [-0.2, 0) is 11.2 Å². The molecule has 1 aliphatic heterocycles. The molecule has 1 unspecified atom stereocenters. The van der Waals surface area contributed by atoms with Crippen LogP contribution in [0.5, 0.6) is 0 Å². The van der Waals surface area contributed by atoms with E-state index in [9.17, 15) is 9.90 Å². The first-order valence-electron chi connectivity index (χ1n) is 5.31. The van der Waals surface area contributed by atoms with Crippen molar-refractivity contribution in [2.45, 2.75) is 12.8 Å². The van der Waals surface area contributed by atoms with E-state index in [1.165, 1.54) is 3.57 Å². The Morgan fingerprint density at radius 1 is 1.44 bits per heavy atom. The largest absolute Gasteiger partial charge is 0.481 e. The molecule has 1 aromatic rings. The van der Waals surface area contributed by atoms with E-state index in [2.05, 4.69) is 27.9 Å². The second kappa shape index (κ2) is 4.71. The van der Waals surface area contributed by atoms with E-state index in [4.69, 9.17) is 0 Å². The highest BCUT2D eigenvalue weighted by molar-refractivity contribution is 14.1. The fourth-order valence-corrected chi connectivity index (χ4v) is 2.51. The van der Waals surface area contributed by atoms with Crippen LogP contribution in [0.2, 0.25) is 0 Å². The lowest BCUT2D eigenvalue weighted by Crippen LogP contribution is -2.35. The van der Waals surface area contributed by atoms with E-state index < -0.39 is 11.4 Å². The second-order valence-electron chi connectivity index (χ2n) is 4.32. The number of hydrogen-bond acceptors (Lipinski definition) is 2. The number of hydrogen-bond donors (Lipinski definition) is 2. The normalized spacial score (nSPS) is 24.6. The van der Waals surface area contributed by atoms with Gasteiger partial charge in [0.15, 0.2) is 0 Å². The van der Waals surface area contributed by atoms with Crippen molar-refractivity contribution in [3.63, 3.8) is 0 Å². The van der Waals surface area contributed by atoms with Gasteiger partial charge in [-0.05, 0) is 59.7 Å². The molecule has 0 spiro atoms. The molecule has 1 saturated heterocycles. The predicted octanol–water partition coefficient (Wildman–Crippen LogP) is 1.90. The third-order valence-electron chi connectivity index (χ3n) is 3.15. The van der Waals surface area contributed by atoms with Gasteiger partial charge in [-0.1, -0.05) is 12.1 Å². The summed E-state index contributed by atoms with van der Waals surface area (Å²) in [5.74, 6) is -0.684. The first-order valence-corrected chi connectivity index (χ1v) is 6.39. The van der Waals surface area contributed by atoms with Crippen molar-refractivity contribution in [3.8, 4) is 0 Å². The predicted molar refractivity (Wildman–Crippen MR) is 70.4 cm³/mol. The van der Waals surface area contributed by atoms with Crippen molar-refractivity contribution in [3.05, 3.63) is 33.4 Å². The third-order valence-corrected chi connectivity index (χ3v) is 3.87. The van der Waals surface area contributed by atoms with Gasteiger partial charge in [-0.25, -0.2) is 0 Å². The molecule has 1 heterocycles. The highest BCUT2D eigenvalue weighted by atomic mass is 127. The molecule has 0 bridgehead atoms. The van der Waals surface area contributed by atoms with E-state index >= 15 is 0 Å². The van der Waals surface area contributed by atoms with Gasteiger partial charge in [0.25, 0.3) is 0 Å². The summed E-state index contributed by atoms with van der Waals surface area (Å²) in [7, 11) is 0. The van der Waals surface area contributed by atoms with E-state index in [0.29, 0.717) is 19.4 Å². The van der Waals surface area contributed by atoms with Gasteiger partial charge in [-0.2, -0.15) is 0 Å². The SMILES string of the molecule is O=C(O)C1(Cc2ccc(I)cc2)CCNC1. The molecule has 1 aliphatic rings. The van der Waals surface area contributed by atoms with Gasteiger partial charge in [0.1, 0.15) is 0 Å². The first-order chi connectivity index (χ1) is 7.62. The monoisotopic (exact) mass is 331 g/mol. The summed E-state index contributed by atoms with van der Waals surface area (Å²) in [5, 5.41) is 12.5. The van der Waals surface area contributed by atoms with Crippen LogP contribution in [0.25, 0.3) is 0 Å². The maximum atomic E-state index is 11.4. The van der Waals surface area contributed by atoms with Crippen LogP contribution < -0.4 is 5.32 Å². The van der Waals surface area contributed by atoms with Crippen LogP contribution in [0.3, 0.4) is 0 Å². The maximum Gasteiger partial charge on any atom is 0.311 e. The van der Waals surface area contributed by atoms with E-state index in [1.54, 1.807) is 0 Å². The molecular weight excluding hydrogens is 317 g/mol. The minimum atomic E-state index is -0.684. The summed E-state index contributed by atoms with van der Waals surface area (Å²) in [6, 6.07) is 8.08. The van der Waals surface area contributed by atoms with E-state index in [-0.39, 0.29) is 0 Å². The molecule has 4 heteroatoms. The van der Waals surface area contributed by atoms with Gasteiger partial charge in [-0.3, -0.25) is 4.79 Å². The number of carboxylic acid groups (broad SMARTS) is 1. The average Bonchev–Trinajstić information content (AvgIpc) is 2.71. The van der Waals surface area contributed by atoms with Gasteiger partial charge in [0, 0.05) is 10.1 Å². The molecule has 3 nitrogen and oxygen atoms in total. The summed E-state index contributed by atoms with van der Waals surface area (Å²) in [6.07, 6.45) is 1.33. The number of benzene rings is 1. The van der Waals surface area contributed by atoms with Crippen molar-refractivity contribution in [1.82, 2.24) is 5.32 Å². The van der Waals surface area contributed by atoms with Gasteiger partial charge in [0.05, 0.1) is 5.41 Å². The van der Waals surface area contributed by atoms with Crippen molar-refractivity contribution < 1.29 is 9.90 Å². The number of carboxylic acids is 1. The number of nitrogens with one attached hydrogen (secondary N) is 1. The zero-order chi connectivity index (χ0) is 11.6. The maximum absolute atomic E-state index is 11.4. The molecule has 0 radical (unpaired) electrons. The molecule has 1 fully saturated rings. The minimum absolute atomic E-state index is 0.578. The third kappa shape index (κ3) is 2.38. The Morgan fingerprint density at radius 3 is 2.62 bits per heavy atom. The van der Waals surface area contributed by atoms with Gasteiger partial charge >= 0.3 is 5.97 Å². The Bertz CT molecular complexity index is 383. The zero-order valence-electron chi connectivity index (χ0n) is 8.87. The number of rotatable bonds is 3. The number of halogens is 1. The molecule has 1 atom stereocenters. The van der Waals surface area contributed by atoms with E-state index in [0.717, 1.165) is 12.1 Å². The minimum Gasteiger partial charge on any atom is -0.481 e. The molecule has 0 aromatic heterocycles. The Morgan fingerprint density at radius 2 is 2.12 bits per heavy atom. The smallest absolute Gasteiger partial charge is 0.311 e. The second-order valence-corrected chi connectivity index (χ2v) is 5.56. The standard InChI is InChI=1S/C12H14INO2/c13-10-3-1-9(2-4-10)7-12(11(15)16)5-6-14-8-12/h1-4,14H,5-8H2,(H,15,16). The highest BCUT2D eigenvalue weighted by Gasteiger charge is 2.41. The molecule has 0 amide bonds. The Hall–Kier alpha value is -0.620. The average molecular weight is 331 g/mol. The summed E-state index contributed by atoms with van der Waals surface area (Å²) < 4.78 is 1.18. The zero-order valence-corrected chi connectivity index (χ0v) is 11.0. The summed E-state index contributed by atoms with van der Waals surface area (Å²) in [5.41, 5.74) is 0.499. The van der Waals surface area contributed by atoms with Crippen molar-refractivity contribution in [2.24, 2.45) is 5.41 Å². The first kappa shape index (κ1) is 11.9. The molecule has 86 valence electrons. The Kier molecular flexibility index (Phi) is 3.49. The van der Waals surface area contributed by atoms with Crippen molar-refractivity contribution >= 4 is 28.6 Å². The molecule has 0 saturated carbocycles.